The second-order valence-electron chi connectivity index (χ2n) is 5.69. The van der Waals surface area contributed by atoms with Crippen LogP contribution in [0.3, 0.4) is 0 Å². The summed E-state index contributed by atoms with van der Waals surface area (Å²) >= 11 is 0. The molecule has 0 radical (unpaired) electrons. The summed E-state index contributed by atoms with van der Waals surface area (Å²) in [6, 6.07) is 10.4. The third kappa shape index (κ3) is 3.50. The lowest BCUT2D eigenvalue weighted by atomic mass is 10.0. The van der Waals surface area contributed by atoms with Crippen molar-refractivity contribution in [2.24, 2.45) is 0 Å². The third-order valence-electron chi connectivity index (χ3n) is 4.23. The third-order valence-corrected chi connectivity index (χ3v) is 4.23. The SMILES string of the molecule is CCCNC(CC)c1ccc(N2CCCC2C)cc1. The fourth-order valence-corrected chi connectivity index (χ4v) is 3.03. The summed E-state index contributed by atoms with van der Waals surface area (Å²) in [5, 5.41) is 3.62. The Bertz CT molecular complexity index is 371. The van der Waals surface area contributed by atoms with E-state index in [0.717, 1.165) is 13.0 Å². The number of benzene rings is 1. The van der Waals surface area contributed by atoms with Gasteiger partial charge in [-0.05, 0) is 56.8 Å². The molecule has 1 aliphatic heterocycles. The molecule has 2 nitrogen and oxygen atoms in total. The van der Waals surface area contributed by atoms with E-state index in [2.05, 4.69) is 55.3 Å². The van der Waals surface area contributed by atoms with E-state index < -0.39 is 0 Å². The molecule has 1 fully saturated rings. The van der Waals surface area contributed by atoms with Crippen LogP contribution in [0.15, 0.2) is 24.3 Å². The number of nitrogens with zero attached hydrogens (tertiary/aromatic N) is 1. The van der Waals surface area contributed by atoms with E-state index in [-0.39, 0.29) is 0 Å². The van der Waals surface area contributed by atoms with Crippen LogP contribution in [0.4, 0.5) is 5.69 Å². The first-order valence-corrected chi connectivity index (χ1v) is 7.86. The Kier molecular flexibility index (Phi) is 5.26. The van der Waals surface area contributed by atoms with E-state index in [4.69, 9.17) is 0 Å². The van der Waals surface area contributed by atoms with Gasteiger partial charge >= 0.3 is 0 Å². The molecule has 2 rings (SSSR count). The standard InChI is InChI=1S/C17H28N2/c1-4-12-18-17(5-2)15-8-10-16(11-9-15)19-13-6-7-14(19)3/h8-11,14,17-18H,4-7,12-13H2,1-3H3. The van der Waals surface area contributed by atoms with Crippen LogP contribution in [-0.4, -0.2) is 19.1 Å². The first-order valence-electron chi connectivity index (χ1n) is 7.86. The molecule has 0 bridgehead atoms. The van der Waals surface area contributed by atoms with Crippen molar-refractivity contribution in [2.45, 2.75) is 58.5 Å². The number of nitrogens with one attached hydrogen (secondary N) is 1. The van der Waals surface area contributed by atoms with Crippen molar-refractivity contribution in [3.63, 3.8) is 0 Å². The molecule has 1 aromatic rings. The second-order valence-corrected chi connectivity index (χ2v) is 5.69. The minimum atomic E-state index is 0.505. The van der Waals surface area contributed by atoms with Crippen molar-refractivity contribution >= 4 is 5.69 Å². The van der Waals surface area contributed by atoms with Crippen molar-refractivity contribution in [1.82, 2.24) is 5.32 Å². The molecule has 1 N–H and O–H groups in total. The first-order chi connectivity index (χ1) is 9.26. The minimum Gasteiger partial charge on any atom is -0.369 e. The van der Waals surface area contributed by atoms with Crippen molar-refractivity contribution in [2.75, 3.05) is 18.0 Å². The zero-order chi connectivity index (χ0) is 13.7. The van der Waals surface area contributed by atoms with Gasteiger partial charge in [-0.3, -0.25) is 0 Å². The quantitative estimate of drug-likeness (QED) is 0.827. The summed E-state index contributed by atoms with van der Waals surface area (Å²) in [5.74, 6) is 0. The van der Waals surface area contributed by atoms with Gasteiger partial charge in [0.15, 0.2) is 0 Å². The molecule has 0 aromatic heterocycles. The highest BCUT2D eigenvalue weighted by atomic mass is 15.2. The molecule has 1 heterocycles. The van der Waals surface area contributed by atoms with Crippen LogP contribution < -0.4 is 10.2 Å². The van der Waals surface area contributed by atoms with Gasteiger partial charge in [-0.2, -0.15) is 0 Å². The Balaban J connectivity index is 2.04. The number of hydrogen-bond donors (Lipinski definition) is 1. The van der Waals surface area contributed by atoms with Crippen LogP contribution in [0.5, 0.6) is 0 Å². The minimum absolute atomic E-state index is 0.505. The lowest BCUT2D eigenvalue weighted by molar-refractivity contribution is 0.518. The Hall–Kier alpha value is -1.02. The van der Waals surface area contributed by atoms with Gasteiger partial charge in [-0.25, -0.2) is 0 Å². The largest absolute Gasteiger partial charge is 0.369 e. The second kappa shape index (κ2) is 6.95. The normalized spacial score (nSPS) is 20.8. The summed E-state index contributed by atoms with van der Waals surface area (Å²) in [6.07, 6.45) is 5.01. The molecule has 0 aliphatic carbocycles. The number of hydrogen-bond acceptors (Lipinski definition) is 2. The van der Waals surface area contributed by atoms with Crippen LogP contribution in [0.1, 0.15) is 58.1 Å². The smallest absolute Gasteiger partial charge is 0.0368 e. The molecule has 1 aliphatic rings. The molecule has 19 heavy (non-hydrogen) atoms. The van der Waals surface area contributed by atoms with Crippen molar-refractivity contribution in [3.8, 4) is 0 Å². The molecular weight excluding hydrogens is 232 g/mol. The maximum atomic E-state index is 3.62. The highest BCUT2D eigenvalue weighted by Gasteiger charge is 2.20. The average Bonchev–Trinajstić information content (AvgIpc) is 2.87. The van der Waals surface area contributed by atoms with Crippen LogP contribution in [0.25, 0.3) is 0 Å². The van der Waals surface area contributed by atoms with E-state index in [0.29, 0.717) is 12.1 Å². The summed E-state index contributed by atoms with van der Waals surface area (Å²) in [7, 11) is 0. The van der Waals surface area contributed by atoms with Gasteiger partial charge in [-0.1, -0.05) is 26.0 Å². The van der Waals surface area contributed by atoms with Gasteiger partial charge in [0.2, 0.25) is 0 Å². The molecule has 106 valence electrons. The van der Waals surface area contributed by atoms with Gasteiger partial charge in [0, 0.05) is 24.3 Å². The Morgan fingerprint density at radius 2 is 2.00 bits per heavy atom. The van der Waals surface area contributed by atoms with Gasteiger partial charge in [0.1, 0.15) is 0 Å². The molecule has 0 spiro atoms. The molecular formula is C17H28N2. The Morgan fingerprint density at radius 1 is 1.26 bits per heavy atom. The molecule has 2 unspecified atom stereocenters. The van der Waals surface area contributed by atoms with Crippen molar-refractivity contribution < 1.29 is 0 Å². The summed E-state index contributed by atoms with van der Waals surface area (Å²) in [4.78, 5) is 2.53. The predicted octanol–water partition coefficient (Wildman–Crippen LogP) is 4.13. The predicted molar refractivity (Wildman–Crippen MR) is 83.8 cm³/mol. The topological polar surface area (TPSA) is 15.3 Å². The maximum absolute atomic E-state index is 3.62. The van der Waals surface area contributed by atoms with E-state index in [9.17, 15) is 0 Å². The monoisotopic (exact) mass is 260 g/mol. The maximum Gasteiger partial charge on any atom is 0.0368 e. The molecule has 2 heteroatoms. The zero-order valence-corrected chi connectivity index (χ0v) is 12.7. The van der Waals surface area contributed by atoms with Crippen LogP contribution in [0.2, 0.25) is 0 Å². The highest BCUT2D eigenvalue weighted by molar-refractivity contribution is 5.49. The highest BCUT2D eigenvalue weighted by Crippen LogP contribution is 2.27. The first kappa shape index (κ1) is 14.4. The number of rotatable bonds is 6. The molecule has 0 saturated carbocycles. The lowest BCUT2D eigenvalue weighted by Gasteiger charge is -2.25. The fraction of sp³-hybridized carbons (Fsp3) is 0.647. The van der Waals surface area contributed by atoms with Crippen molar-refractivity contribution in [1.29, 1.82) is 0 Å². The van der Waals surface area contributed by atoms with E-state index in [1.807, 2.05) is 0 Å². The van der Waals surface area contributed by atoms with Gasteiger partial charge in [0.25, 0.3) is 0 Å². The zero-order valence-electron chi connectivity index (χ0n) is 12.7. The van der Waals surface area contributed by atoms with Gasteiger partial charge < -0.3 is 10.2 Å². The van der Waals surface area contributed by atoms with Gasteiger partial charge in [0.05, 0.1) is 0 Å². The van der Waals surface area contributed by atoms with Crippen LogP contribution >= 0.6 is 0 Å². The summed E-state index contributed by atoms with van der Waals surface area (Å²) < 4.78 is 0. The van der Waals surface area contributed by atoms with E-state index in [1.165, 1.54) is 37.1 Å². The Morgan fingerprint density at radius 3 is 2.53 bits per heavy atom. The average molecular weight is 260 g/mol. The molecule has 2 atom stereocenters. The Labute approximate surface area is 118 Å². The molecule has 1 saturated heterocycles. The number of anilines is 1. The van der Waals surface area contributed by atoms with Crippen LogP contribution in [0, 0.1) is 0 Å². The van der Waals surface area contributed by atoms with Gasteiger partial charge in [-0.15, -0.1) is 0 Å². The van der Waals surface area contributed by atoms with E-state index >= 15 is 0 Å². The summed E-state index contributed by atoms with van der Waals surface area (Å²) in [6.45, 7) is 9.12. The van der Waals surface area contributed by atoms with Crippen molar-refractivity contribution in [3.05, 3.63) is 29.8 Å². The lowest BCUT2D eigenvalue weighted by Crippen LogP contribution is -2.26. The molecule has 1 aromatic carbocycles. The molecule has 0 amide bonds. The van der Waals surface area contributed by atoms with Crippen LogP contribution in [-0.2, 0) is 0 Å². The fourth-order valence-electron chi connectivity index (χ4n) is 3.03. The summed E-state index contributed by atoms with van der Waals surface area (Å²) in [5.41, 5.74) is 2.81. The van der Waals surface area contributed by atoms with E-state index in [1.54, 1.807) is 0 Å².